The fourth-order valence-corrected chi connectivity index (χ4v) is 4.40. The number of phenols is 1. The normalized spacial score (nSPS) is 14.9. The lowest BCUT2D eigenvalue weighted by Gasteiger charge is -2.19. The van der Waals surface area contributed by atoms with Crippen molar-refractivity contribution in [1.82, 2.24) is 0 Å². The molecule has 1 aliphatic carbocycles. The summed E-state index contributed by atoms with van der Waals surface area (Å²) in [5, 5.41) is 12.5. The number of ketones is 1. The van der Waals surface area contributed by atoms with Crippen molar-refractivity contribution in [3.05, 3.63) is 101 Å². The maximum Gasteiger partial charge on any atom is 0.282 e. The molecule has 7 heteroatoms. The van der Waals surface area contributed by atoms with Crippen LogP contribution in [0.3, 0.4) is 0 Å². The van der Waals surface area contributed by atoms with Gasteiger partial charge in [0.1, 0.15) is 5.75 Å². The van der Waals surface area contributed by atoms with Gasteiger partial charge in [0.15, 0.2) is 0 Å². The fourth-order valence-electron chi connectivity index (χ4n) is 3.41. The highest BCUT2D eigenvalue weighted by molar-refractivity contribution is 7.90. The molecule has 0 amide bonds. The molecule has 32 heavy (non-hydrogen) atoms. The molecule has 4 rings (SSSR count). The molecule has 0 aliphatic heterocycles. The minimum absolute atomic E-state index is 0.0882. The topological polar surface area (TPSA) is 95.8 Å². The van der Waals surface area contributed by atoms with E-state index in [0.29, 0.717) is 16.8 Å². The van der Waals surface area contributed by atoms with Gasteiger partial charge in [-0.25, -0.2) is 0 Å². The Bertz CT molecular complexity index is 1340. The van der Waals surface area contributed by atoms with E-state index in [-0.39, 0.29) is 33.8 Å². The quantitative estimate of drug-likeness (QED) is 0.544. The zero-order valence-corrected chi connectivity index (χ0v) is 18.4. The lowest BCUT2D eigenvalue weighted by molar-refractivity contribution is 0.103. The second kappa shape index (κ2) is 8.43. The van der Waals surface area contributed by atoms with E-state index in [9.17, 15) is 18.3 Å². The number of carbonyl (C=O) groups is 1. The van der Waals surface area contributed by atoms with Gasteiger partial charge in [0.25, 0.3) is 10.0 Å². The molecule has 0 fully saturated rings. The molecule has 162 valence electrons. The zero-order valence-electron chi connectivity index (χ0n) is 17.6. The minimum Gasteiger partial charge on any atom is -0.508 e. The average Bonchev–Trinajstić information content (AvgIpc) is 2.78. The van der Waals surface area contributed by atoms with E-state index in [1.165, 1.54) is 18.2 Å². The van der Waals surface area contributed by atoms with E-state index < -0.39 is 10.0 Å². The third kappa shape index (κ3) is 4.33. The van der Waals surface area contributed by atoms with Crippen molar-refractivity contribution in [2.24, 2.45) is 4.40 Å². The number of Topliss-reactive ketones (excluding diaryl/α,β-unsaturated/α-hetero) is 1. The third-order valence-corrected chi connectivity index (χ3v) is 6.49. The number of nitrogens with one attached hydrogen (secondary N) is 1. The lowest BCUT2D eigenvalue weighted by atomic mass is 9.92. The second-order valence-electron chi connectivity index (χ2n) is 7.78. The lowest BCUT2D eigenvalue weighted by Crippen LogP contribution is -2.22. The maximum atomic E-state index is 13.0. The van der Waals surface area contributed by atoms with Gasteiger partial charge in [-0.05, 0) is 54.0 Å². The summed E-state index contributed by atoms with van der Waals surface area (Å²) >= 11 is 0. The molecule has 0 heterocycles. The van der Waals surface area contributed by atoms with Gasteiger partial charge in [0, 0.05) is 16.8 Å². The maximum absolute atomic E-state index is 13.0. The first-order valence-electron chi connectivity index (χ1n) is 10.1. The monoisotopic (exact) mass is 446 g/mol. The number of benzene rings is 3. The zero-order chi connectivity index (χ0) is 22.9. The predicted octanol–water partition coefficient (Wildman–Crippen LogP) is 4.89. The Hall–Kier alpha value is -3.71. The molecule has 0 spiro atoms. The SMILES string of the molecule is CC(C)c1ccc(S(=O)(=O)N=C2C=C(Nc3ccc(O)cc3)C(=O)c3ccccc32)cc1. The summed E-state index contributed by atoms with van der Waals surface area (Å²) in [6, 6.07) is 19.7. The van der Waals surface area contributed by atoms with Crippen LogP contribution in [0.5, 0.6) is 5.75 Å². The first-order chi connectivity index (χ1) is 15.2. The van der Waals surface area contributed by atoms with Crippen LogP contribution in [0.2, 0.25) is 0 Å². The highest BCUT2D eigenvalue weighted by Crippen LogP contribution is 2.26. The Morgan fingerprint density at radius 3 is 2.12 bits per heavy atom. The van der Waals surface area contributed by atoms with Gasteiger partial charge in [0.05, 0.1) is 16.3 Å². The van der Waals surface area contributed by atoms with E-state index >= 15 is 0 Å². The number of allylic oxidation sites excluding steroid dienone is 2. The van der Waals surface area contributed by atoms with Crippen molar-refractivity contribution in [3.63, 3.8) is 0 Å². The molecule has 0 radical (unpaired) electrons. The number of rotatable bonds is 5. The number of fused-ring (bicyclic) bond motifs is 1. The van der Waals surface area contributed by atoms with Crippen molar-refractivity contribution in [1.29, 1.82) is 0 Å². The average molecular weight is 447 g/mol. The van der Waals surface area contributed by atoms with E-state index in [2.05, 4.69) is 9.71 Å². The van der Waals surface area contributed by atoms with E-state index in [0.717, 1.165) is 5.56 Å². The Balaban J connectivity index is 1.77. The Morgan fingerprint density at radius 1 is 0.875 bits per heavy atom. The first-order valence-corrected chi connectivity index (χ1v) is 11.6. The van der Waals surface area contributed by atoms with Crippen LogP contribution < -0.4 is 5.32 Å². The third-order valence-electron chi connectivity index (χ3n) is 5.18. The molecule has 3 aromatic rings. The van der Waals surface area contributed by atoms with Crippen LogP contribution in [0.25, 0.3) is 0 Å². The number of aromatic hydroxyl groups is 1. The van der Waals surface area contributed by atoms with E-state index in [1.54, 1.807) is 60.7 Å². The highest BCUT2D eigenvalue weighted by atomic mass is 32.2. The van der Waals surface area contributed by atoms with Gasteiger partial charge in [-0.3, -0.25) is 4.79 Å². The fraction of sp³-hybridized carbons (Fsp3) is 0.120. The van der Waals surface area contributed by atoms with Crippen LogP contribution in [0.4, 0.5) is 5.69 Å². The summed E-state index contributed by atoms with van der Waals surface area (Å²) in [6.07, 6.45) is 1.44. The number of nitrogens with zero attached hydrogens (tertiary/aromatic N) is 1. The standard InChI is InChI=1S/C25H22N2O4S/c1-16(2)17-7-13-20(14-8-17)32(30,31)27-23-15-24(26-18-9-11-19(28)12-10-18)25(29)22-6-4-3-5-21(22)23/h3-16,26,28H,1-2H3. The molecule has 0 saturated carbocycles. The van der Waals surface area contributed by atoms with E-state index in [1.807, 2.05) is 13.8 Å². The number of hydrogen-bond acceptors (Lipinski definition) is 5. The summed E-state index contributed by atoms with van der Waals surface area (Å²) in [4.78, 5) is 13.1. The summed E-state index contributed by atoms with van der Waals surface area (Å²) in [6.45, 7) is 4.07. The minimum atomic E-state index is -3.99. The predicted molar refractivity (Wildman–Crippen MR) is 125 cm³/mol. The largest absolute Gasteiger partial charge is 0.508 e. The molecule has 2 N–H and O–H groups in total. The molecule has 1 aliphatic rings. The molecule has 0 atom stereocenters. The molecule has 3 aromatic carbocycles. The Morgan fingerprint density at radius 2 is 1.50 bits per heavy atom. The molecule has 0 unspecified atom stereocenters. The van der Waals surface area contributed by atoms with Crippen LogP contribution >= 0.6 is 0 Å². The smallest absolute Gasteiger partial charge is 0.282 e. The van der Waals surface area contributed by atoms with Crippen LogP contribution in [-0.2, 0) is 10.0 Å². The number of phenolic OH excluding ortho intramolecular Hbond substituents is 1. The molecular weight excluding hydrogens is 424 g/mol. The summed E-state index contributed by atoms with van der Waals surface area (Å²) < 4.78 is 30.1. The summed E-state index contributed by atoms with van der Waals surface area (Å²) in [5.74, 6) is 0.110. The van der Waals surface area contributed by atoms with Crippen molar-refractivity contribution in [2.75, 3.05) is 5.32 Å². The van der Waals surface area contributed by atoms with Crippen LogP contribution in [0.15, 0.2) is 93.9 Å². The van der Waals surface area contributed by atoms with Crippen molar-refractivity contribution in [3.8, 4) is 5.75 Å². The van der Waals surface area contributed by atoms with Crippen molar-refractivity contribution < 1.29 is 18.3 Å². The number of carbonyl (C=O) groups excluding carboxylic acids is 1. The van der Waals surface area contributed by atoms with Gasteiger partial charge in [-0.15, -0.1) is 0 Å². The van der Waals surface area contributed by atoms with Crippen LogP contribution in [0, 0.1) is 0 Å². The van der Waals surface area contributed by atoms with Gasteiger partial charge in [-0.2, -0.15) is 12.8 Å². The van der Waals surface area contributed by atoms with Crippen LogP contribution in [-0.4, -0.2) is 25.0 Å². The van der Waals surface area contributed by atoms with Crippen molar-refractivity contribution >= 4 is 27.2 Å². The van der Waals surface area contributed by atoms with Gasteiger partial charge < -0.3 is 10.4 Å². The molecule has 0 aromatic heterocycles. The van der Waals surface area contributed by atoms with E-state index in [4.69, 9.17) is 0 Å². The highest BCUT2D eigenvalue weighted by Gasteiger charge is 2.26. The Labute approximate surface area is 187 Å². The number of hydrogen-bond donors (Lipinski definition) is 2. The number of sulfonamides is 1. The van der Waals surface area contributed by atoms with Crippen molar-refractivity contribution in [2.45, 2.75) is 24.7 Å². The summed E-state index contributed by atoms with van der Waals surface area (Å²) in [5.41, 5.74) is 2.79. The first kappa shape index (κ1) is 21.5. The molecular formula is C25H22N2O4S. The van der Waals surface area contributed by atoms with Gasteiger partial charge >= 0.3 is 0 Å². The number of anilines is 1. The Kier molecular flexibility index (Phi) is 5.67. The van der Waals surface area contributed by atoms with Gasteiger partial charge in [-0.1, -0.05) is 50.2 Å². The summed E-state index contributed by atoms with van der Waals surface area (Å²) in [7, 11) is -3.99. The molecule has 6 nitrogen and oxygen atoms in total. The van der Waals surface area contributed by atoms with Crippen LogP contribution in [0.1, 0.15) is 41.3 Å². The molecule has 0 bridgehead atoms. The molecule has 0 saturated heterocycles. The second-order valence-corrected chi connectivity index (χ2v) is 9.38. The van der Waals surface area contributed by atoms with Gasteiger partial charge in [0.2, 0.25) is 5.78 Å².